The molecule has 1 amide bonds. The van der Waals surface area contributed by atoms with E-state index < -0.39 is 10.0 Å². The van der Waals surface area contributed by atoms with Gasteiger partial charge in [-0.25, -0.2) is 8.42 Å². The van der Waals surface area contributed by atoms with Crippen LogP contribution in [0.1, 0.15) is 36.2 Å². The minimum atomic E-state index is -3.54. The number of hydrogen-bond donors (Lipinski definition) is 1. The predicted octanol–water partition coefficient (Wildman–Crippen LogP) is 3.99. The fourth-order valence-corrected chi connectivity index (χ4v) is 6.40. The molecule has 8 heteroatoms. The largest absolute Gasteiger partial charge is 0.349 e. The van der Waals surface area contributed by atoms with Gasteiger partial charge in [-0.1, -0.05) is 23.7 Å². The number of aryl methyl sites for hydroxylation is 1. The van der Waals surface area contributed by atoms with E-state index in [4.69, 9.17) is 11.6 Å². The van der Waals surface area contributed by atoms with Crippen molar-refractivity contribution in [1.82, 2.24) is 9.62 Å². The van der Waals surface area contributed by atoms with Gasteiger partial charge in [0.05, 0.1) is 12.0 Å². The summed E-state index contributed by atoms with van der Waals surface area (Å²) < 4.78 is 27.5. The summed E-state index contributed by atoms with van der Waals surface area (Å²) in [5, 5.41) is 3.61. The summed E-state index contributed by atoms with van der Waals surface area (Å²) in [6, 6.07) is 10.6. The summed E-state index contributed by atoms with van der Waals surface area (Å²) in [4.78, 5) is 13.7. The van der Waals surface area contributed by atoms with Crippen molar-refractivity contribution in [1.29, 1.82) is 0 Å². The molecule has 1 aliphatic rings. The molecule has 1 fully saturated rings. The van der Waals surface area contributed by atoms with E-state index in [1.807, 2.05) is 32.0 Å². The number of piperidine rings is 1. The Kier molecular flexibility index (Phi) is 6.25. The van der Waals surface area contributed by atoms with Crippen LogP contribution < -0.4 is 5.32 Å². The third-order valence-electron chi connectivity index (χ3n) is 4.77. The van der Waals surface area contributed by atoms with Gasteiger partial charge in [0.1, 0.15) is 4.21 Å². The van der Waals surface area contributed by atoms with Crippen molar-refractivity contribution in [2.75, 3.05) is 13.1 Å². The number of rotatable bonds is 5. The number of nitrogens with one attached hydrogen (secondary N) is 1. The lowest BCUT2D eigenvalue weighted by Gasteiger charge is -2.31. The number of amides is 1. The highest BCUT2D eigenvalue weighted by molar-refractivity contribution is 7.91. The first-order chi connectivity index (χ1) is 12.8. The van der Waals surface area contributed by atoms with Crippen LogP contribution in [0, 0.1) is 12.8 Å². The van der Waals surface area contributed by atoms with Crippen LogP contribution >= 0.6 is 22.9 Å². The van der Waals surface area contributed by atoms with Crippen LogP contribution in [-0.4, -0.2) is 31.7 Å². The molecule has 2 atom stereocenters. The maximum atomic E-state index is 12.8. The van der Waals surface area contributed by atoms with Gasteiger partial charge in [0.15, 0.2) is 0 Å². The first-order valence-electron chi connectivity index (χ1n) is 8.90. The highest BCUT2D eigenvalue weighted by Gasteiger charge is 2.34. The Morgan fingerprint density at radius 1 is 1.33 bits per heavy atom. The summed E-state index contributed by atoms with van der Waals surface area (Å²) in [6.45, 7) is 4.45. The number of sulfonamides is 1. The summed E-state index contributed by atoms with van der Waals surface area (Å²) in [5.74, 6) is -0.471. The van der Waals surface area contributed by atoms with E-state index in [0.29, 0.717) is 28.6 Å². The van der Waals surface area contributed by atoms with E-state index in [0.717, 1.165) is 10.4 Å². The molecule has 0 spiro atoms. The number of benzene rings is 1. The fraction of sp³-hybridized carbons (Fsp3) is 0.421. The van der Waals surface area contributed by atoms with Crippen LogP contribution in [0.15, 0.2) is 40.6 Å². The van der Waals surface area contributed by atoms with Gasteiger partial charge in [-0.15, -0.1) is 11.3 Å². The van der Waals surface area contributed by atoms with Crippen molar-refractivity contribution in [3.05, 3.63) is 51.9 Å². The molecule has 2 aromatic rings. The molecule has 146 valence electrons. The molecule has 5 nitrogen and oxygen atoms in total. The smallest absolute Gasteiger partial charge is 0.252 e. The number of carbonyl (C=O) groups excluding carboxylic acids is 1. The minimum Gasteiger partial charge on any atom is -0.349 e. The Labute approximate surface area is 169 Å². The van der Waals surface area contributed by atoms with Crippen molar-refractivity contribution in [3.8, 4) is 0 Å². The average Bonchev–Trinajstić information content (AvgIpc) is 3.09. The molecule has 0 bridgehead atoms. The first kappa shape index (κ1) is 20.3. The molecule has 27 heavy (non-hydrogen) atoms. The summed E-state index contributed by atoms with van der Waals surface area (Å²) in [5.41, 5.74) is 0.921. The number of thiophene rings is 1. The number of nitrogens with zero attached hydrogens (tertiary/aromatic N) is 1. The van der Waals surface area contributed by atoms with Gasteiger partial charge in [0.25, 0.3) is 10.0 Å². The SMILES string of the molecule is Cc1ccc(S(=O)(=O)N2CCC[C@@H](C(=O)N[C@@H](C)c3cccc(Cl)c3)C2)s1. The van der Waals surface area contributed by atoms with Crippen molar-refractivity contribution in [3.63, 3.8) is 0 Å². The lowest BCUT2D eigenvalue weighted by molar-refractivity contribution is -0.126. The van der Waals surface area contributed by atoms with Crippen LogP contribution in [0.4, 0.5) is 0 Å². The third kappa shape index (κ3) is 4.71. The molecule has 1 aliphatic heterocycles. The molecular weight excluding hydrogens is 404 g/mol. The summed E-state index contributed by atoms with van der Waals surface area (Å²) in [6.07, 6.45) is 1.36. The first-order valence-corrected chi connectivity index (χ1v) is 11.5. The van der Waals surface area contributed by atoms with Crippen LogP contribution in [0.25, 0.3) is 0 Å². The minimum absolute atomic E-state index is 0.121. The third-order valence-corrected chi connectivity index (χ3v) is 8.34. The summed E-state index contributed by atoms with van der Waals surface area (Å²) >= 11 is 7.28. The second-order valence-corrected chi connectivity index (χ2v) is 10.7. The van der Waals surface area contributed by atoms with Gasteiger partial charge < -0.3 is 5.32 Å². The molecule has 1 saturated heterocycles. The Bertz CT molecular complexity index is 927. The number of carbonyl (C=O) groups is 1. The Morgan fingerprint density at radius 2 is 2.11 bits per heavy atom. The van der Waals surface area contributed by atoms with Crippen LogP contribution in [0.2, 0.25) is 5.02 Å². The molecule has 1 aromatic heterocycles. The van der Waals surface area contributed by atoms with E-state index in [1.54, 1.807) is 18.2 Å². The van der Waals surface area contributed by atoms with Gasteiger partial charge >= 0.3 is 0 Å². The molecule has 0 radical (unpaired) electrons. The molecule has 0 unspecified atom stereocenters. The maximum Gasteiger partial charge on any atom is 0.252 e. The number of hydrogen-bond acceptors (Lipinski definition) is 4. The van der Waals surface area contributed by atoms with E-state index in [9.17, 15) is 13.2 Å². The maximum absolute atomic E-state index is 12.8. The van der Waals surface area contributed by atoms with E-state index >= 15 is 0 Å². The molecule has 1 N–H and O–H groups in total. The monoisotopic (exact) mass is 426 g/mol. The fourth-order valence-electron chi connectivity index (χ4n) is 3.24. The zero-order valence-corrected chi connectivity index (χ0v) is 17.7. The quantitative estimate of drug-likeness (QED) is 0.786. The standard InChI is InChI=1S/C19H23ClN2O3S2/c1-13-8-9-18(26-13)27(24,25)22-10-4-6-16(12-22)19(23)21-14(2)15-5-3-7-17(20)11-15/h3,5,7-9,11,14,16H,4,6,10,12H2,1-2H3,(H,21,23)/t14-,16+/m0/s1. The van der Waals surface area contributed by atoms with Gasteiger partial charge in [-0.3, -0.25) is 4.79 Å². The highest BCUT2D eigenvalue weighted by Crippen LogP contribution is 2.28. The Hall–Kier alpha value is -1.41. The van der Waals surface area contributed by atoms with Crippen molar-refractivity contribution in [2.24, 2.45) is 5.92 Å². The second-order valence-electron chi connectivity index (χ2n) is 6.85. The second kappa shape index (κ2) is 8.31. The molecule has 2 heterocycles. The molecule has 0 aliphatic carbocycles. The normalized spacial score (nSPS) is 19.6. The predicted molar refractivity (Wildman–Crippen MR) is 109 cm³/mol. The zero-order chi connectivity index (χ0) is 19.6. The van der Waals surface area contributed by atoms with E-state index in [-0.39, 0.29) is 24.4 Å². The van der Waals surface area contributed by atoms with E-state index in [2.05, 4.69) is 5.32 Å². The highest BCUT2D eigenvalue weighted by atomic mass is 35.5. The van der Waals surface area contributed by atoms with E-state index in [1.165, 1.54) is 15.6 Å². The lowest BCUT2D eigenvalue weighted by Crippen LogP contribution is -2.45. The topological polar surface area (TPSA) is 66.5 Å². The molecule has 1 aromatic carbocycles. The molecule has 0 saturated carbocycles. The van der Waals surface area contributed by atoms with Crippen LogP contribution in [0.5, 0.6) is 0 Å². The summed E-state index contributed by atoms with van der Waals surface area (Å²) in [7, 11) is -3.54. The Morgan fingerprint density at radius 3 is 2.78 bits per heavy atom. The molecule has 3 rings (SSSR count). The zero-order valence-electron chi connectivity index (χ0n) is 15.3. The van der Waals surface area contributed by atoms with Crippen LogP contribution in [0.3, 0.4) is 0 Å². The number of halogens is 1. The van der Waals surface area contributed by atoms with Gasteiger partial charge in [0, 0.05) is 23.0 Å². The van der Waals surface area contributed by atoms with Crippen molar-refractivity contribution in [2.45, 2.75) is 36.9 Å². The van der Waals surface area contributed by atoms with Crippen molar-refractivity contribution >= 4 is 38.9 Å². The van der Waals surface area contributed by atoms with Gasteiger partial charge in [-0.2, -0.15) is 4.31 Å². The average molecular weight is 427 g/mol. The Balaban J connectivity index is 1.67. The van der Waals surface area contributed by atoms with Crippen LogP contribution in [-0.2, 0) is 14.8 Å². The van der Waals surface area contributed by atoms with Gasteiger partial charge in [0.2, 0.25) is 5.91 Å². The van der Waals surface area contributed by atoms with Gasteiger partial charge in [-0.05, 0) is 56.5 Å². The molecular formula is C19H23ClN2O3S2. The van der Waals surface area contributed by atoms with Crippen molar-refractivity contribution < 1.29 is 13.2 Å². The lowest BCUT2D eigenvalue weighted by atomic mass is 9.98.